The number of carbonyl (C=O) groups is 4. The van der Waals surface area contributed by atoms with Crippen LogP contribution >= 0.6 is 0 Å². The zero-order valence-electron chi connectivity index (χ0n) is 29.7. The molecule has 0 saturated heterocycles. The number of amides is 2. The Morgan fingerprint density at radius 3 is 2.21 bits per heavy atom. The van der Waals surface area contributed by atoms with Crippen LogP contribution in [-0.4, -0.2) is 50.1 Å². The number of esters is 1. The number of hydrogen-bond donors (Lipinski definition) is 2. The van der Waals surface area contributed by atoms with Gasteiger partial charge in [0.05, 0.1) is 31.7 Å². The number of rotatable bonds is 18. The second-order valence-electron chi connectivity index (χ2n) is 12.5. The molecule has 1 heterocycles. The number of Topliss-reactive ketones (excluding diaryl/α,β-unsaturated/α-hetero) is 1. The minimum atomic E-state index is -0.830. The van der Waals surface area contributed by atoms with Crippen molar-refractivity contribution in [3.8, 4) is 28.7 Å². The highest BCUT2D eigenvalue weighted by molar-refractivity contribution is 5.98. The first-order chi connectivity index (χ1) is 25.2. The molecule has 0 bridgehead atoms. The van der Waals surface area contributed by atoms with Gasteiger partial charge in [-0.1, -0.05) is 44.7 Å². The summed E-state index contributed by atoms with van der Waals surface area (Å²) in [5, 5.41) is 5.62. The number of carbonyl (C=O) groups excluding carboxylic acids is 4. The van der Waals surface area contributed by atoms with E-state index in [1.807, 2.05) is 0 Å². The highest BCUT2D eigenvalue weighted by Gasteiger charge is 2.21. The number of unbranched alkanes of at least 4 members (excludes halogenated alkanes) is 4. The number of anilines is 1. The Bertz CT molecular complexity index is 1860. The van der Waals surface area contributed by atoms with Crippen LogP contribution in [0.4, 0.5) is 5.69 Å². The van der Waals surface area contributed by atoms with E-state index < -0.39 is 17.9 Å². The van der Waals surface area contributed by atoms with E-state index in [0.717, 1.165) is 18.4 Å². The first kappa shape index (κ1) is 37.4. The summed E-state index contributed by atoms with van der Waals surface area (Å²) in [5.41, 5.74) is 2.66. The van der Waals surface area contributed by atoms with Crippen LogP contribution in [0.3, 0.4) is 0 Å². The average Bonchev–Trinajstić information content (AvgIpc) is 3.62. The van der Waals surface area contributed by atoms with Crippen molar-refractivity contribution in [2.45, 2.75) is 64.8 Å². The van der Waals surface area contributed by atoms with Gasteiger partial charge in [0.25, 0.3) is 5.91 Å². The fourth-order valence-corrected chi connectivity index (χ4v) is 5.59. The van der Waals surface area contributed by atoms with Crippen LogP contribution in [0.5, 0.6) is 28.7 Å². The standard InChI is InChI=1S/C41H44N2O9/c1-4-5-6-7-8-21-49-33-17-13-31(14-18-33)41(47)52-36-20-10-28(23-37(36)48-3)22-34(27(2)44)43-40(46)30-11-15-32(16-12-30)42-39(45)25-29-9-19-35-38(24-29)51-26-50-35/h9-20,23-24,34H,4-8,21-22,25-26H2,1-3H3,(H,42,45)(H,43,46). The summed E-state index contributed by atoms with van der Waals surface area (Å²) in [7, 11) is 1.46. The Labute approximate surface area is 303 Å². The molecule has 52 heavy (non-hydrogen) atoms. The van der Waals surface area contributed by atoms with Crippen LogP contribution in [0, 0.1) is 0 Å². The zero-order chi connectivity index (χ0) is 36.9. The van der Waals surface area contributed by atoms with Crippen molar-refractivity contribution in [1.29, 1.82) is 0 Å². The summed E-state index contributed by atoms with van der Waals surface area (Å²) in [6.45, 7) is 4.38. The third-order valence-corrected chi connectivity index (χ3v) is 8.51. The summed E-state index contributed by atoms with van der Waals surface area (Å²) < 4.78 is 27.6. The minimum absolute atomic E-state index is 0.135. The van der Waals surface area contributed by atoms with Gasteiger partial charge in [-0.3, -0.25) is 14.4 Å². The van der Waals surface area contributed by atoms with Crippen molar-refractivity contribution in [1.82, 2.24) is 5.32 Å². The molecular formula is C41H44N2O9. The molecule has 0 saturated carbocycles. The predicted octanol–water partition coefficient (Wildman–Crippen LogP) is 7.10. The molecular weight excluding hydrogens is 664 g/mol. The van der Waals surface area contributed by atoms with Crippen molar-refractivity contribution in [2.75, 3.05) is 25.8 Å². The molecule has 4 aromatic rings. The average molecular weight is 709 g/mol. The second kappa shape index (κ2) is 18.4. The molecule has 2 amide bonds. The maximum absolute atomic E-state index is 13.1. The van der Waals surface area contributed by atoms with Gasteiger partial charge >= 0.3 is 5.97 Å². The lowest BCUT2D eigenvalue weighted by Gasteiger charge is -2.17. The lowest BCUT2D eigenvalue weighted by molar-refractivity contribution is -0.119. The van der Waals surface area contributed by atoms with Crippen LogP contribution in [-0.2, 0) is 22.4 Å². The maximum Gasteiger partial charge on any atom is 0.343 e. The second-order valence-corrected chi connectivity index (χ2v) is 12.5. The van der Waals surface area contributed by atoms with Gasteiger partial charge in [-0.2, -0.15) is 0 Å². The molecule has 0 fully saturated rings. The van der Waals surface area contributed by atoms with E-state index in [1.165, 1.54) is 33.3 Å². The first-order valence-corrected chi connectivity index (χ1v) is 17.4. The largest absolute Gasteiger partial charge is 0.494 e. The minimum Gasteiger partial charge on any atom is -0.494 e. The lowest BCUT2D eigenvalue weighted by atomic mass is 10.0. The number of ketones is 1. The smallest absolute Gasteiger partial charge is 0.343 e. The van der Waals surface area contributed by atoms with Crippen LogP contribution in [0.15, 0.2) is 84.9 Å². The van der Waals surface area contributed by atoms with Crippen LogP contribution < -0.4 is 34.3 Å². The number of ether oxygens (including phenoxy) is 5. The molecule has 0 radical (unpaired) electrons. The highest BCUT2D eigenvalue weighted by atomic mass is 16.7. The van der Waals surface area contributed by atoms with E-state index in [2.05, 4.69) is 17.6 Å². The molecule has 2 N–H and O–H groups in total. The molecule has 0 spiro atoms. The number of fused-ring (bicyclic) bond motifs is 1. The van der Waals surface area contributed by atoms with Crippen molar-refractivity contribution in [3.63, 3.8) is 0 Å². The third kappa shape index (κ3) is 10.6. The summed E-state index contributed by atoms with van der Waals surface area (Å²) in [5.74, 6) is 0.999. The van der Waals surface area contributed by atoms with E-state index in [-0.39, 0.29) is 37.1 Å². The van der Waals surface area contributed by atoms with Gasteiger partial charge in [-0.05, 0) is 104 Å². The monoisotopic (exact) mass is 708 g/mol. The van der Waals surface area contributed by atoms with E-state index in [9.17, 15) is 19.2 Å². The molecule has 11 nitrogen and oxygen atoms in total. The molecule has 11 heteroatoms. The van der Waals surface area contributed by atoms with Gasteiger partial charge in [0.15, 0.2) is 28.8 Å². The fourth-order valence-electron chi connectivity index (χ4n) is 5.59. The van der Waals surface area contributed by atoms with Crippen molar-refractivity contribution < 1.29 is 42.9 Å². The Balaban J connectivity index is 1.12. The summed E-state index contributed by atoms with van der Waals surface area (Å²) >= 11 is 0. The van der Waals surface area contributed by atoms with Crippen molar-refractivity contribution in [3.05, 3.63) is 107 Å². The highest BCUT2D eigenvalue weighted by Crippen LogP contribution is 2.33. The fraction of sp³-hybridized carbons (Fsp3) is 0.317. The van der Waals surface area contributed by atoms with Crippen LogP contribution in [0.25, 0.3) is 0 Å². The molecule has 1 aliphatic heterocycles. The quantitative estimate of drug-likeness (QED) is 0.0630. The molecule has 0 aliphatic carbocycles. The number of nitrogens with one attached hydrogen (secondary N) is 2. The van der Waals surface area contributed by atoms with Crippen molar-refractivity contribution in [2.24, 2.45) is 0 Å². The van der Waals surface area contributed by atoms with E-state index in [0.29, 0.717) is 52.0 Å². The topological polar surface area (TPSA) is 138 Å². The summed E-state index contributed by atoms with van der Waals surface area (Å²) in [6.07, 6.45) is 6.07. The molecule has 1 unspecified atom stereocenters. The maximum atomic E-state index is 13.1. The van der Waals surface area contributed by atoms with Gasteiger partial charge < -0.3 is 34.3 Å². The van der Waals surface area contributed by atoms with Gasteiger partial charge in [-0.15, -0.1) is 0 Å². The first-order valence-electron chi connectivity index (χ1n) is 17.4. The number of hydrogen-bond acceptors (Lipinski definition) is 9. The molecule has 4 aromatic carbocycles. The molecule has 0 aromatic heterocycles. The normalized spacial score (nSPS) is 12.1. The Morgan fingerprint density at radius 1 is 0.769 bits per heavy atom. The van der Waals surface area contributed by atoms with E-state index in [4.69, 9.17) is 23.7 Å². The lowest BCUT2D eigenvalue weighted by Crippen LogP contribution is -2.41. The molecule has 272 valence electrons. The number of methoxy groups -OCH3 is 1. The molecule has 5 rings (SSSR count). The van der Waals surface area contributed by atoms with E-state index >= 15 is 0 Å². The van der Waals surface area contributed by atoms with Gasteiger partial charge in [0, 0.05) is 11.3 Å². The molecule has 1 aliphatic rings. The summed E-state index contributed by atoms with van der Waals surface area (Å²) in [4.78, 5) is 51.2. The Morgan fingerprint density at radius 2 is 1.48 bits per heavy atom. The predicted molar refractivity (Wildman–Crippen MR) is 196 cm³/mol. The number of benzene rings is 4. The Hall–Kier alpha value is -5.84. The van der Waals surface area contributed by atoms with Gasteiger partial charge in [-0.25, -0.2) is 4.79 Å². The SMILES string of the molecule is CCCCCCCOc1ccc(C(=O)Oc2ccc(CC(NC(=O)c3ccc(NC(=O)Cc4ccc5c(c4)OCO5)cc3)C(C)=O)cc2OC)cc1. The van der Waals surface area contributed by atoms with Crippen molar-refractivity contribution >= 4 is 29.3 Å². The van der Waals surface area contributed by atoms with Gasteiger partial charge in [0.1, 0.15) is 5.75 Å². The van der Waals surface area contributed by atoms with E-state index in [1.54, 1.807) is 84.9 Å². The third-order valence-electron chi connectivity index (χ3n) is 8.51. The Kier molecular flexibility index (Phi) is 13.2. The van der Waals surface area contributed by atoms with Crippen LogP contribution in [0.2, 0.25) is 0 Å². The van der Waals surface area contributed by atoms with Gasteiger partial charge in [0.2, 0.25) is 12.7 Å². The summed E-state index contributed by atoms with van der Waals surface area (Å²) in [6, 6.07) is 22.7. The molecule has 1 atom stereocenters. The zero-order valence-corrected chi connectivity index (χ0v) is 29.7. The van der Waals surface area contributed by atoms with Crippen LogP contribution in [0.1, 0.15) is 77.8 Å².